The van der Waals surface area contributed by atoms with Gasteiger partial charge in [0.05, 0.1) is 9.85 Å². The van der Waals surface area contributed by atoms with Gasteiger partial charge in [0, 0.05) is 6.07 Å². The largest absolute Gasteiger partial charge is 0.477 e. The van der Waals surface area contributed by atoms with Crippen LogP contribution in [-0.2, 0) is 0 Å². The molecule has 0 bridgehead atoms. The van der Waals surface area contributed by atoms with Gasteiger partial charge in [0.25, 0.3) is 5.69 Å². The summed E-state index contributed by atoms with van der Waals surface area (Å²) in [7, 11) is 0. The Morgan fingerprint density at radius 1 is 1.25 bits per heavy atom. The van der Waals surface area contributed by atoms with Gasteiger partial charge in [-0.1, -0.05) is 11.6 Å². The molecule has 1 N–H and O–H groups in total. The predicted octanol–water partition coefficient (Wildman–Crippen LogP) is 1.85. The minimum absolute atomic E-state index is 0.465. The van der Waals surface area contributed by atoms with Crippen molar-refractivity contribution in [1.29, 1.82) is 0 Å². The van der Waals surface area contributed by atoms with Crippen LogP contribution in [0.3, 0.4) is 0 Å². The molecule has 0 fully saturated rings. The number of nitro benzene ring substituents is 2. The van der Waals surface area contributed by atoms with E-state index in [0.717, 1.165) is 12.1 Å². The zero-order valence-corrected chi connectivity index (χ0v) is 8.17. The average molecular weight is 247 g/mol. The molecule has 0 unspecified atom stereocenters. The fraction of sp³-hybridized carbons (Fsp3) is 0. The smallest absolute Gasteiger partial charge is 0.349 e. The molecular weight excluding hydrogens is 244 g/mol. The minimum Gasteiger partial charge on any atom is -0.477 e. The predicted molar refractivity (Wildman–Crippen MR) is 51.7 cm³/mol. The Morgan fingerprint density at radius 3 is 2.19 bits per heavy atom. The number of hydrogen-bond donors (Lipinski definition) is 1. The van der Waals surface area contributed by atoms with Crippen LogP contribution in [-0.4, -0.2) is 20.9 Å². The monoisotopic (exact) mass is 246 g/mol. The van der Waals surface area contributed by atoms with Crippen molar-refractivity contribution < 1.29 is 19.7 Å². The topological polar surface area (TPSA) is 124 Å². The molecule has 16 heavy (non-hydrogen) atoms. The Kier molecular flexibility index (Phi) is 3.04. The van der Waals surface area contributed by atoms with Gasteiger partial charge in [-0.15, -0.1) is 0 Å². The molecule has 0 aliphatic rings. The standard InChI is InChI=1S/C7H3ClN2O6/c8-3-1-2-4(9(13)14)5(7(11)12)6(3)10(15)16/h1-2H,(H,11,12). The van der Waals surface area contributed by atoms with Gasteiger partial charge >= 0.3 is 11.7 Å². The Hall–Kier alpha value is -2.22. The van der Waals surface area contributed by atoms with E-state index in [0.29, 0.717) is 0 Å². The first kappa shape index (κ1) is 11.9. The summed E-state index contributed by atoms with van der Waals surface area (Å²) in [5, 5.41) is 29.3. The number of halogens is 1. The Morgan fingerprint density at radius 2 is 1.81 bits per heavy atom. The molecule has 0 spiro atoms. The lowest BCUT2D eigenvalue weighted by atomic mass is 10.1. The third-order valence-electron chi connectivity index (χ3n) is 1.70. The second-order valence-corrected chi connectivity index (χ2v) is 3.02. The molecule has 1 aromatic carbocycles. The number of rotatable bonds is 3. The highest BCUT2D eigenvalue weighted by molar-refractivity contribution is 6.33. The molecule has 8 nitrogen and oxygen atoms in total. The molecule has 9 heteroatoms. The van der Waals surface area contributed by atoms with Crippen molar-refractivity contribution in [1.82, 2.24) is 0 Å². The number of nitrogens with zero attached hydrogens (tertiary/aromatic N) is 2. The summed E-state index contributed by atoms with van der Waals surface area (Å²) >= 11 is 5.42. The zero-order valence-electron chi connectivity index (χ0n) is 7.42. The first-order valence-corrected chi connectivity index (χ1v) is 4.08. The summed E-state index contributed by atoms with van der Waals surface area (Å²) in [4.78, 5) is 29.7. The minimum atomic E-state index is -1.78. The van der Waals surface area contributed by atoms with Crippen LogP contribution in [0.5, 0.6) is 0 Å². The normalized spacial score (nSPS) is 9.81. The van der Waals surface area contributed by atoms with Crippen LogP contribution < -0.4 is 0 Å². The molecule has 0 radical (unpaired) electrons. The number of carboxylic acid groups (broad SMARTS) is 1. The SMILES string of the molecule is O=C(O)c1c([N+](=O)[O-])ccc(Cl)c1[N+](=O)[O-]. The van der Waals surface area contributed by atoms with Gasteiger partial charge in [-0.25, -0.2) is 4.79 Å². The summed E-state index contributed by atoms with van der Waals surface area (Å²) in [5.41, 5.74) is -2.88. The van der Waals surface area contributed by atoms with E-state index in [1.54, 1.807) is 0 Å². The lowest BCUT2D eigenvalue weighted by molar-refractivity contribution is -0.394. The molecule has 84 valence electrons. The molecule has 0 aliphatic heterocycles. The number of aromatic carboxylic acids is 1. The summed E-state index contributed by atoms with van der Waals surface area (Å²) < 4.78 is 0. The highest BCUT2D eigenvalue weighted by Crippen LogP contribution is 2.34. The van der Waals surface area contributed by atoms with Crippen LogP contribution >= 0.6 is 11.6 Å². The maximum atomic E-state index is 10.7. The van der Waals surface area contributed by atoms with E-state index >= 15 is 0 Å². The number of hydrogen-bond acceptors (Lipinski definition) is 5. The highest BCUT2D eigenvalue weighted by atomic mass is 35.5. The molecule has 1 rings (SSSR count). The van der Waals surface area contributed by atoms with Crippen molar-refractivity contribution in [3.05, 3.63) is 42.9 Å². The molecule has 0 atom stereocenters. The Balaban J connectivity index is 3.70. The van der Waals surface area contributed by atoms with E-state index in [4.69, 9.17) is 16.7 Å². The van der Waals surface area contributed by atoms with E-state index < -0.39 is 37.8 Å². The molecule has 0 heterocycles. The molecule has 0 aromatic heterocycles. The van der Waals surface area contributed by atoms with E-state index in [1.165, 1.54) is 0 Å². The maximum Gasteiger partial charge on any atom is 0.349 e. The van der Waals surface area contributed by atoms with Crippen LogP contribution in [0.4, 0.5) is 11.4 Å². The van der Waals surface area contributed by atoms with Gasteiger partial charge in [0.1, 0.15) is 5.02 Å². The van der Waals surface area contributed by atoms with E-state index in [-0.39, 0.29) is 0 Å². The highest BCUT2D eigenvalue weighted by Gasteiger charge is 2.33. The number of carboxylic acids is 1. The fourth-order valence-corrected chi connectivity index (χ4v) is 1.32. The van der Waals surface area contributed by atoms with Crippen LogP contribution in [0, 0.1) is 20.2 Å². The molecule has 0 saturated carbocycles. The second kappa shape index (κ2) is 4.11. The summed E-state index contributed by atoms with van der Waals surface area (Å²) in [6, 6.07) is 1.71. The van der Waals surface area contributed by atoms with Gasteiger partial charge in [0.15, 0.2) is 0 Å². The summed E-state index contributed by atoms with van der Waals surface area (Å²) in [6.07, 6.45) is 0. The van der Waals surface area contributed by atoms with Crippen molar-refractivity contribution in [3.8, 4) is 0 Å². The summed E-state index contributed by atoms with van der Waals surface area (Å²) in [5.74, 6) is -1.78. The molecule has 1 aromatic rings. The van der Waals surface area contributed by atoms with Crippen molar-refractivity contribution in [2.75, 3.05) is 0 Å². The average Bonchev–Trinajstić information content (AvgIpc) is 2.15. The van der Waals surface area contributed by atoms with E-state index in [9.17, 15) is 25.0 Å². The maximum absolute atomic E-state index is 10.7. The third-order valence-corrected chi connectivity index (χ3v) is 2.00. The second-order valence-electron chi connectivity index (χ2n) is 2.61. The Bertz CT molecular complexity index is 500. The van der Waals surface area contributed by atoms with Crippen LogP contribution in [0.2, 0.25) is 5.02 Å². The molecule has 0 aliphatic carbocycles. The lowest BCUT2D eigenvalue weighted by Gasteiger charge is -2.00. The van der Waals surface area contributed by atoms with E-state index in [2.05, 4.69) is 0 Å². The van der Waals surface area contributed by atoms with Gasteiger partial charge in [-0.3, -0.25) is 20.2 Å². The van der Waals surface area contributed by atoms with E-state index in [1.807, 2.05) is 0 Å². The quantitative estimate of drug-likeness (QED) is 0.641. The first-order chi connectivity index (χ1) is 7.36. The van der Waals surface area contributed by atoms with Gasteiger partial charge < -0.3 is 5.11 Å². The van der Waals surface area contributed by atoms with Gasteiger partial charge in [0.2, 0.25) is 5.56 Å². The Labute approximate surface area is 92.4 Å². The zero-order chi connectivity index (χ0) is 12.5. The fourth-order valence-electron chi connectivity index (χ4n) is 1.10. The number of benzene rings is 1. The van der Waals surface area contributed by atoms with Crippen LogP contribution in [0.25, 0.3) is 0 Å². The lowest BCUT2D eigenvalue weighted by Crippen LogP contribution is -2.07. The van der Waals surface area contributed by atoms with Crippen molar-refractivity contribution in [3.63, 3.8) is 0 Å². The van der Waals surface area contributed by atoms with Gasteiger partial charge in [-0.2, -0.15) is 0 Å². The van der Waals surface area contributed by atoms with Crippen molar-refractivity contribution >= 4 is 28.9 Å². The molecular formula is C7H3ClN2O6. The van der Waals surface area contributed by atoms with Crippen LogP contribution in [0.15, 0.2) is 12.1 Å². The molecule has 0 saturated heterocycles. The number of nitro groups is 2. The van der Waals surface area contributed by atoms with Crippen LogP contribution in [0.1, 0.15) is 10.4 Å². The first-order valence-electron chi connectivity index (χ1n) is 3.70. The number of carbonyl (C=O) groups is 1. The molecule has 0 amide bonds. The van der Waals surface area contributed by atoms with Crippen molar-refractivity contribution in [2.24, 2.45) is 0 Å². The summed E-state index contributed by atoms with van der Waals surface area (Å²) in [6.45, 7) is 0. The van der Waals surface area contributed by atoms with Gasteiger partial charge in [-0.05, 0) is 6.07 Å². The third kappa shape index (κ3) is 1.91. The van der Waals surface area contributed by atoms with Crippen molar-refractivity contribution in [2.45, 2.75) is 0 Å².